The molecule has 1 aliphatic carbocycles. The van der Waals surface area contributed by atoms with Gasteiger partial charge in [0.1, 0.15) is 5.82 Å². The second-order valence-electron chi connectivity index (χ2n) is 5.11. The van der Waals surface area contributed by atoms with Gasteiger partial charge in [0.2, 0.25) is 0 Å². The fourth-order valence-corrected chi connectivity index (χ4v) is 2.62. The molecule has 0 aliphatic heterocycles. The molecule has 0 amide bonds. The lowest BCUT2D eigenvalue weighted by atomic mass is 10.2. The van der Waals surface area contributed by atoms with Crippen molar-refractivity contribution >= 4 is 11.8 Å². The molecule has 1 saturated carbocycles. The Hall–Kier alpha value is -0.540. The van der Waals surface area contributed by atoms with Gasteiger partial charge >= 0.3 is 0 Å². The largest absolute Gasteiger partial charge is 0.310 e. The summed E-state index contributed by atoms with van der Waals surface area (Å²) in [5.74, 6) is 1.61. The Balaban J connectivity index is 2.00. The van der Waals surface area contributed by atoms with E-state index in [0.717, 1.165) is 17.9 Å². The molecule has 94 valence electrons. The van der Waals surface area contributed by atoms with E-state index in [1.54, 1.807) is 12.1 Å². The van der Waals surface area contributed by atoms with Gasteiger partial charge in [0.25, 0.3) is 0 Å². The molecule has 1 fully saturated rings. The number of halogens is 1. The molecule has 0 saturated heterocycles. The SMILES string of the molecule is CC(C)CSc1ccc(F)cc1CNC1CC1. The molecule has 0 radical (unpaired) electrons. The molecule has 1 aromatic carbocycles. The van der Waals surface area contributed by atoms with Crippen molar-refractivity contribution in [2.24, 2.45) is 5.92 Å². The summed E-state index contributed by atoms with van der Waals surface area (Å²) in [7, 11) is 0. The molecule has 0 bridgehead atoms. The van der Waals surface area contributed by atoms with Crippen molar-refractivity contribution in [2.45, 2.75) is 44.2 Å². The average molecular weight is 253 g/mol. The van der Waals surface area contributed by atoms with Crippen molar-refractivity contribution in [2.75, 3.05) is 5.75 Å². The molecule has 3 heteroatoms. The van der Waals surface area contributed by atoms with Crippen LogP contribution in [0.4, 0.5) is 4.39 Å². The lowest BCUT2D eigenvalue weighted by Crippen LogP contribution is -2.16. The van der Waals surface area contributed by atoms with Crippen LogP contribution in [0.1, 0.15) is 32.3 Å². The molecule has 1 N–H and O–H groups in total. The summed E-state index contributed by atoms with van der Waals surface area (Å²) in [4.78, 5) is 1.22. The fourth-order valence-electron chi connectivity index (χ4n) is 1.63. The highest BCUT2D eigenvalue weighted by Crippen LogP contribution is 2.27. The zero-order chi connectivity index (χ0) is 12.3. The van der Waals surface area contributed by atoms with E-state index in [4.69, 9.17) is 0 Å². The first-order valence-corrected chi connectivity index (χ1v) is 7.28. The Morgan fingerprint density at radius 3 is 2.82 bits per heavy atom. The first-order valence-electron chi connectivity index (χ1n) is 6.30. The first-order chi connectivity index (χ1) is 8.15. The minimum absolute atomic E-state index is 0.133. The van der Waals surface area contributed by atoms with Crippen molar-refractivity contribution in [3.8, 4) is 0 Å². The van der Waals surface area contributed by atoms with Crippen LogP contribution in [-0.2, 0) is 6.54 Å². The number of hydrogen-bond donors (Lipinski definition) is 1. The summed E-state index contributed by atoms with van der Waals surface area (Å²) in [6.45, 7) is 5.21. The number of thioether (sulfide) groups is 1. The lowest BCUT2D eigenvalue weighted by molar-refractivity contribution is 0.616. The Labute approximate surface area is 107 Å². The summed E-state index contributed by atoms with van der Waals surface area (Å²) in [6, 6.07) is 5.80. The van der Waals surface area contributed by atoms with Crippen LogP contribution in [0.15, 0.2) is 23.1 Å². The van der Waals surface area contributed by atoms with Crippen LogP contribution in [0.5, 0.6) is 0 Å². The van der Waals surface area contributed by atoms with Crippen molar-refractivity contribution in [3.63, 3.8) is 0 Å². The van der Waals surface area contributed by atoms with Gasteiger partial charge in [-0.1, -0.05) is 13.8 Å². The third-order valence-corrected chi connectivity index (χ3v) is 4.30. The number of hydrogen-bond acceptors (Lipinski definition) is 2. The maximum atomic E-state index is 13.2. The number of nitrogens with one attached hydrogen (secondary N) is 1. The van der Waals surface area contributed by atoms with Crippen LogP contribution >= 0.6 is 11.8 Å². The minimum atomic E-state index is -0.133. The molecule has 0 atom stereocenters. The number of rotatable bonds is 6. The van der Waals surface area contributed by atoms with Crippen LogP contribution in [-0.4, -0.2) is 11.8 Å². The molecule has 1 nitrogen and oxygen atoms in total. The first kappa shape index (κ1) is 12.9. The van der Waals surface area contributed by atoms with Gasteiger partial charge in [0, 0.05) is 23.2 Å². The van der Waals surface area contributed by atoms with Crippen LogP contribution in [0.3, 0.4) is 0 Å². The zero-order valence-corrected chi connectivity index (χ0v) is 11.3. The topological polar surface area (TPSA) is 12.0 Å². The smallest absolute Gasteiger partial charge is 0.123 e. The normalized spacial score (nSPS) is 15.5. The molecule has 0 aromatic heterocycles. The molecule has 0 unspecified atom stereocenters. The van der Waals surface area contributed by atoms with Gasteiger partial charge in [0.15, 0.2) is 0 Å². The van der Waals surface area contributed by atoms with E-state index in [1.807, 2.05) is 17.8 Å². The molecular weight excluding hydrogens is 233 g/mol. The summed E-state index contributed by atoms with van der Waals surface area (Å²) >= 11 is 1.83. The van der Waals surface area contributed by atoms with Crippen LogP contribution in [0.2, 0.25) is 0 Å². The Morgan fingerprint density at radius 2 is 2.18 bits per heavy atom. The van der Waals surface area contributed by atoms with Gasteiger partial charge in [-0.2, -0.15) is 0 Å². The van der Waals surface area contributed by atoms with Gasteiger partial charge in [-0.3, -0.25) is 0 Å². The van der Waals surface area contributed by atoms with E-state index in [2.05, 4.69) is 19.2 Å². The van der Waals surface area contributed by atoms with Crippen molar-refractivity contribution in [1.82, 2.24) is 5.32 Å². The van der Waals surface area contributed by atoms with E-state index < -0.39 is 0 Å². The highest BCUT2D eigenvalue weighted by atomic mass is 32.2. The van der Waals surface area contributed by atoms with Crippen LogP contribution in [0.25, 0.3) is 0 Å². The zero-order valence-electron chi connectivity index (χ0n) is 10.5. The average Bonchev–Trinajstić information content (AvgIpc) is 3.08. The van der Waals surface area contributed by atoms with Gasteiger partial charge in [-0.05, 0) is 42.5 Å². The maximum Gasteiger partial charge on any atom is 0.123 e. The summed E-state index contributed by atoms with van der Waals surface area (Å²) < 4.78 is 13.2. The highest BCUT2D eigenvalue weighted by Gasteiger charge is 2.20. The Bertz CT molecular complexity index is 374. The molecule has 1 aromatic rings. The van der Waals surface area contributed by atoms with Crippen LogP contribution < -0.4 is 5.32 Å². The fraction of sp³-hybridized carbons (Fsp3) is 0.571. The second-order valence-corrected chi connectivity index (χ2v) is 6.17. The van der Waals surface area contributed by atoms with Gasteiger partial charge < -0.3 is 5.32 Å². The quantitative estimate of drug-likeness (QED) is 0.773. The molecule has 1 aliphatic rings. The van der Waals surface area contributed by atoms with Crippen LogP contribution in [0, 0.1) is 11.7 Å². The second kappa shape index (κ2) is 5.87. The molecule has 0 heterocycles. The standard InChI is InChI=1S/C14H20FNS/c1-10(2)9-17-14-6-3-12(15)7-11(14)8-16-13-4-5-13/h3,6-7,10,13,16H,4-5,8-9H2,1-2H3. The predicted octanol–water partition coefficient (Wildman–Crippen LogP) is 3.83. The summed E-state index contributed by atoms with van der Waals surface area (Å²) in [5, 5.41) is 3.45. The van der Waals surface area contributed by atoms with Crippen molar-refractivity contribution in [3.05, 3.63) is 29.6 Å². The third kappa shape index (κ3) is 4.32. The number of benzene rings is 1. The maximum absolute atomic E-state index is 13.2. The molecule has 0 spiro atoms. The van der Waals surface area contributed by atoms with Gasteiger partial charge in [0.05, 0.1) is 0 Å². The van der Waals surface area contributed by atoms with E-state index in [1.165, 1.54) is 17.7 Å². The van der Waals surface area contributed by atoms with E-state index >= 15 is 0 Å². The van der Waals surface area contributed by atoms with Gasteiger partial charge in [-0.15, -0.1) is 11.8 Å². The third-order valence-electron chi connectivity index (χ3n) is 2.75. The summed E-state index contributed by atoms with van der Waals surface area (Å²) in [5.41, 5.74) is 1.10. The van der Waals surface area contributed by atoms with E-state index in [9.17, 15) is 4.39 Å². The molecule has 2 rings (SSSR count). The Kier molecular flexibility index (Phi) is 4.46. The highest BCUT2D eigenvalue weighted by molar-refractivity contribution is 7.99. The molecule has 17 heavy (non-hydrogen) atoms. The van der Waals surface area contributed by atoms with E-state index in [-0.39, 0.29) is 5.82 Å². The molecular formula is C14H20FNS. The van der Waals surface area contributed by atoms with Gasteiger partial charge in [-0.25, -0.2) is 4.39 Å². The van der Waals surface area contributed by atoms with Crippen molar-refractivity contribution in [1.29, 1.82) is 0 Å². The Morgan fingerprint density at radius 1 is 1.41 bits per heavy atom. The van der Waals surface area contributed by atoms with E-state index in [0.29, 0.717) is 12.0 Å². The monoisotopic (exact) mass is 253 g/mol. The minimum Gasteiger partial charge on any atom is -0.310 e. The summed E-state index contributed by atoms with van der Waals surface area (Å²) in [6.07, 6.45) is 2.54. The van der Waals surface area contributed by atoms with Crippen molar-refractivity contribution < 1.29 is 4.39 Å². The lowest BCUT2D eigenvalue weighted by Gasteiger charge is -2.11. The predicted molar refractivity (Wildman–Crippen MR) is 71.8 cm³/mol.